The third-order valence-electron chi connectivity index (χ3n) is 2.97. The number of nitrogens with two attached hydrogens (primary N) is 1. The zero-order chi connectivity index (χ0) is 13.2. The van der Waals surface area contributed by atoms with Crippen LogP contribution < -0.4 is 5.73 Å². The molecule has 0 fully saturated rings. The van der Waals surface area contributed by atoms with Crippen molar-refractivity contribution in [2.75, 3.05) is 0 Å². The Labute approximate surface area is 115 Å². The van der Waals surface area contributed by atoms with E-state index < -0.39 is 0 Å². The Morgan fingerprint density at radius 3 is 2.68 bits per heavy atom. The minimum Gasteiger partial charge on any atom is -0.326 e. The van der Waals surface area contributed by atoms with E-state index in [0.717, 1.165) is 39.8 Å². The van der Waals surface area contributed by atoms with Gasteiger partial charge in [0.2, 0.25) is 4.96 Å². The van der Waals surface area contributed by atoms with E-state index in [1.807, 2.05) is 28.8 Å². The maximum atomic E-state index is 5.60. The summed E-state index contributed by atoms with van der Waals surface area (Å²) in [4.78, 5) is 0.848. The lowest BCUT2D eigenvalue weighted by atomic mass is 10.1. The van der Waals surface area contributed by atoms with Crippen LogP contribution in [0.3, 0.4) is 0 Å². The van der Waals surface area contributed by atoms with Crippen LogP contribution in [-0.4, -0.2) is 19.8 Å². The van der Waals surface area contributed by atoms with E-state index in [1.54, 1.807) is 11.3 Å². The molecule has 3 rings (SSSR count). The predicted molar refractivity (Wildman–Crippen MR) is 76.0 cm³/mol. The van der Waals surface area contributed by atoms with Gasteiger partial charge in [-0.1, -0.05) is 42.5 Å². The Hall–Kier alpha value is -1.79. The van der Waals surface area contributed by atoms with Gasteiger partial charge in [0.05, 0.1) is 0 Å². The topological polar surface area (TPSA) is 69.1 Å². The van der Waals surface area contributed by atoms with Crippen molar-refractivity contribution in [1.29, 1.82) is 0 Å². The number of fused-ring (bicyclic) bond motifs is 1. The minimum atomic E-state index is 0.562. The fourth-order valence-electron chi connectivity index (χ4n) is 1.94. The van der Waals surface area contributed by atoms with Crippen molar-refractivity contribution in [3.63, 3.8) is 0 Å². The largest absolute Gasteiger partial charge is 0.326 e. The van der Waals surface area contributed by atoms with Crippen molar-refractivity contribution < 1.29 is 0 Å². The molecule has 0 radical (unpaired) electrons. The predicted octanol–water partition coefficient (Wildman–Crippen LogP) is 2.26. The molecule has 0 saturated carbocycles. The molecular weight excluding hydrogens is 258 g/mol. The van der Waals surface area contributed by atoms with Gasteiger partial charge < -0.3 is 5.73 Å². The Kier molecular flexibility index (Phi) is 3.27. The third kappa shape index (κ3) is 2.24. The van der Waals surface area contributed by atoms with Crippen molar-refractivity contribution in [1.82, 2.24) is 19.8 Å². The van der Waals surface area contributed by atoms with Crippen LogP contribution in [0, 0.1) is 0 Å². The van der Waals surface area contributed by atoms with Crippen molar-refractivity contribution in [3.05, 3.63) is 35.7 Å². The van der Waals surface area contributed by atoms with Crippen LogP contribution in [0.1, 0.15) is 24.7 Å². The molecule has 19 heavy (non-hydrogen) atoms. The van der Waals surface area contributed by atoms with Crippen molar-refractivity contribution in [2.45, 2.75) is 26.3 Å². The van der Waals surface area contributed by atoms with E-state index in [9.17, 15) is 0 Å². The van der Waals surface area contributed by atoms with E-state index in [1.165, 1.54) is 0 Å². The molecule has 0 aliphatic rings. The van der Waals surface area contributed by atoms with Gasteiger partial charge in [-0.2, -0.15) is 9.61 Å². The molecule has 0 bridgehead atoms. The summed E-state index contributed by atoms with van der Waals surface area (Å²) in [5.74, 6) is 0.929. The standard InChI is InChI=1S/C13H15N5S/c1-2-3-11-15-16-13-18(11)17-12(19-13)10-6-4-9(8-14)5-7-10/h4-7H,2-3,8,14H2,1H3. The SMILES string of the molecule is CCCc1nnc2sc(-c3ccc(CN)cc3)nn12. The Morgan fingerprint density at radius 1 is 1.21 bits per heavy atom. The molecule has 3 aromatic rings. The zero-order valence-electron chi connectivity index (χ0n) is 10.7. The van der Waals surface area contributed by atoms with E-state index >= 15 is 0 Å². The van der Waals surface area contributed by atoms with E-state index in [4.69, 9.17) is 5.73 Å². The second-order valence-electron chi connectivity index (χ2n) is 4.37. The van der Waals surface area contributed by atoms with Gasteiger partial charge in [-0.3, -0.25) is 0 Å². The highest BCUT2D eigenvalue weighted by atomic mass is 32.1. The van der Waals surface area contributed by atoms with Crippen molar-refractivity contribution in [3.8, 4) is 10.6 Å². The van der Waals surface area contributed by atoms with Gasteiger partial charge in [-0.25, -0.2) is 0 Å². The van der Waals surface area contributed by atoms with Crippen molar-refractivity contribution >= 4 is 16.3 Å². The zero-order valence-corrected chi connectivity index (χ0v) is 11.5. The van der Waals surface area contributed by atoms with E-state index in [0.29, 0.717) is 6.54 Å². The summed E-state index contributed by atoms with van der Waals surface area (Å²) in [5.41, 5.74) is 7.82. The van der Waals surface area contributed by atoms with Gasteiger partial charge in [0.1, 0.15) is 5.01 Å². The molecule has 2 heterocycles. The molecule has 1 aromatic carbocycles. The second-order valence-corrected chi connectivity index (χ2v) is 5.32. The lowest BCUT2D eigenvalue weighted by Crippen LogP contribution is -1.96. The molecule has 0 saturated heterocycles. The molecule has 2 N–H and O–H groups in total. The molecule has 0 aliphatic carbocycles. The van der Waals surface area contributed by atoms with Crippen LogP contribution >= 0.6 is 11.3 Å². The Bertz CT molecular complexity index is 683. The molecule has 6 heteroatoms. The fourth-order valence-corrected chi connectivity index (χ4v) is 2.80. The first-order chi connectivity index (χ1) is 9.31. The summed E-state index contributed by atoms with van der Waals surface area (Å²) >= 11 is 1.56. The van der Waals surface area contributed by atoms with E-state index in [2.05, 4.69) is 22.2 Å². The first kappa shape index (κ1) is 12.3. The van der Waals surface area contributed by atoms with Crippen LogP contribution in [0.25, 0.3) is 15.5 Å². The van der Waals surface area contributed by atoms with Crippen LogP contribution in [0.2, 0.25) is 0 Å². The number of benzene rings is 1. The highest BCUT2D eigenvalue weighted by Crippen LogP contribution is 2.25. The first-order valence-electron chi connectivity index (χ1n) is 6.32. The third-order valence-corrected chi connectivity index (χ3v) is 3.91. The summed E-state index contributed by atoms with van der Waals surface area (Å²) in [6.07, 6.45) is 1.94. The second kappa shape index (κ2) is 5.07. The number of nitrogens with zero attached hydrogens (tertiary/aromatic N) is 4. The molecule has 0 spiro atoms. The minimum absolute atomic E-state index is 0.562. The van der Waals surface area contributed by atoms with Gasteiger partial charge in [0.25, 0.3) is 0 Å². The molecule has 5 nitrogen and oxygen atoms in total. The lowest BCUT2D eigenvalue weighted by Gasteiger charge is -1.98. The Morgan fingerprint density at radius 2 is 2.00 bits per heavy atom. The maximum Gasteiger partial charge on any atom is 0.234 e. The van der Waals surface area contributed by atoms with Crippen LogP contribution in [0.4, 0.5) is 0 Å². The normalized spacial score (nSPS) is 11.3. The van der Waals surface area contributed by atoms with Gasteiger partial charge in [0, 0.05) is 18.5 Å². The molecule has 0 aliphatic heterocycles. The average Bonchev–Trinajstić information content (AvgIpc) is 3.01. The summed E-state index contributed by atoms with van der Waals surface area (Å²) in [7, 11) is 0. The average molecular weight is 273 g/mol. The summed E-state index contributed by atoms with van der Waals surface area (Å²) in [6.45, 7) is 2.69. The molecule has 0 amide bonds. The quantitative estimate of drug-likeness (QED) is 0.791. The summed E-state index contributed by atoms with van der Waals surface area (Å²) < 4.78 is 1.85. The number of aromatic nitrogens is 4. The van der Waals surface area contributed by atoms with Crippen LogP contribution in [0.5, 0.6) is 0 Å². The molecule has 0 atom stereocenters. The monoisotopic (exact) mass is 273 g/mol. The fraction of sp³-hybridized carbons (Fsp3) is 0.308. The number of rotatable bonds is 4. The van der Waals surface area contributed by atoms with Gasteiger partial charge in [-0.05, 0) is 12.0 Å². The number of hydrogen-bond donors (Lipinski definition) is 1. The Balaban J connectivity index is 1.99. The summed E-state index contributed by atoms with van der Waals surface area (Å²) in [6, 6.07) is 8.16. The lowest BCUT2D eigenvalue weighted by molar-refractivity contribution is 0.778. The van der Waals surface area contributed by atoms with E-state index in [-0.39, 0.29) is 0 Å². The van der Waals surface area contributed by atoms with Crippen LogP contribution in [-0.2, 0) is 13.0 Å². The molecule has 98 valence electrons. The molecule has 0 unspecified atom stereocenters. The highest BCUT2D eigenvalue weighted by molar-refractivity contribution is 7.19. The summed E-state index contributed by atoms with van der Waals surface area (Å²) in [5, 5.41) is 13.9. The number of hydrogen-bond acceptors (Lipinski definition) is 5. The van der Waals surface area contributed by atoms with Crippen LogP contribution in [0.15, 0.2) is 24.3 Å². The number of aryl methyl sites for hydroxylation is 1. The first-order valence-corrected chi connectivity index (χ1v) is 7.14. The van der Waals surface area contributed by atoms with Gasteiger partial charge in [0.15, 0.2) is 5.82 Å². The van der Waals surface area contributed by atoms with Gasteiger partial charge in [-0.15, -0.1) is 10.2 Å². The molecule has 2 aromatic heterocycles. The molecular formula is C13H15N5S. The van der Waals surface area contributed by atoms with Gasteiger partial charge >= 0.3 is 0 Å². The van der Waals surface area contributed by atoms with Crippen molar-refractivity contribution in [2.24, 2.45) is 5.73 Å². The maximum absolute atomic E-state index is 5.60. The highest BCUT2D eigenvalue weighted by Gasteiger charge is 2.12. The smallest absolute Gasteiger partial charge is 0.234 e.